The maximum Gasteiger partial charge on any atom is 0.338 e. The van der Waals surface area contributed by atoms with Crippen molar-refractivity contribution in [1.29, 1.82) is 0 Å². The average Bonchev–Trinajstić information content (AvgIpc) is 3.61. The molecule has 0 heterocycles. The first-order chi connectivity index (χ1) is 28.8. The Balaban J connectivity index is 1.45. The lowest BCUT2D eigenvalue weighted by Gasteiger charge is -2.37. The Labute approximate surface area is 371 Å². The Kier molecular flexibility index (Phi) is 18.3. The molecule has 10 nitrogen and oxygen atoms in total. The molecule has 0 spiro atoms. The van der Waals surface area contributed by atoms with E-state index in [9.17, 15) is 27.6 Å². The van der Waals surface area contributed by atoms with Gasteiger partial charge in [0.05, 0.1) is 39.2 Å². The van der Waals surface area contributed by atoms with Crippen LogP contribution < -0.4 is 15.4 Å². The third-order valence-corrected chi connectivity index (χ3v) is 15.3. The maximum atomic E-state index is 14.9. The molecule has 2 fully saturated rings. The van der Waals surface area contributed by atoms with Crippen LogP contribution in [0.4, 0.5) is 11.4 Å². The van der Waals surface area contributed by atoms with E-state index in [1.165, 1.54) is 114 Å². The first-order valence-corrected chi connectivity index (χ1v) is 25.0. The number of ether oxygens (including phenoxy) is 2. The summed E-state index contributed by atoms with van der Waals surface area (Å²) in [6, 6.07) is 8.45. The largest absolute Gasteiger partial charge is 0.470 e. The summed E-state index contributed by atoms with van der Waals surface area (Å²) in [4.78, 5) is 55.6. The lowest BCUT2D eigenvalue weighted by Crippen LogP contribution is -2.49. The molecule has 2 bridgehead atoms. The van der Waals surface area contributed by atoms with Gasteiger partial charge >= 0.3 is 5.97 Å². The van der Waals surface area contributed by atoms with Crippen molar-refractivity contribution in [2.45, 2.75) is 176 Å². The monoisotopic (exact) mass is 884 g/mol. The van der Waals surface area contributed by atoms with E-state index < -0.39 is 50.3 Å². The molecular formula is C49H73ClN2O8S. The summed E-state index contributed by atoms with van der Waals surface area (Å²) in [6.07, 6.45) is 17.9. The summed E-state index contributed by atoms with van der Waals surface area (Å²) in [7, 11) is -3.69. The number of carbonyl (C=O) groups is 4. The lowest BCUT2D eigenvalue weighted by molar-refractivity contribution is -0.144. The van der Waals surface area contributed by atoms with Crippen LogP contribution in [0.15, 0.2) is 41.3 Å². The number of amides is 2. The van der Waals surface area contributed by atoms with Gasteiger partial charge in [-0.25, -0.2) is 13.2 Å². The van der Waals surface area contributed by atoms with Gasteiger partial charge in [-0.1, -0.05) is 150 Å². The number of sulfone groups is 1. The molecular weight excluding hydrogens is 812 g/mol. The van der Waals surface area contributed by atoms with E-state index in [1.807, 2.05) is 6.92 Å². The molecule has 2 saturated carbocycles. The highest BCUT2D eigenvalue weighted by atomic mass is 35.5. The summed E-state index contributed by atoms with van der Waals surface area (Å²) in [5.74, 6) is -2.15. The summed E-state index contributed by atoms with van der Waals surface area (Å²) in [5.41, 5.74) is -1.59. The van der Waals surface area contributed by atoms with Crippen LogP contribution in [-0.2, 0) is 29.0 Å². The third kappa shape index (κ3) is 13.3. The fourth-order valence-corrected chi connectivity index (χ4v) is 10.4. The minimum absolute atomic E-state index is 0.00469. The zero-order chi connectivity index (χ0) is 45.0. The van der Waals surface area contributed by atoms with Gasteiger partial charge in [0, 0.05) is 10.8 Å². The number of nitrogens with one attached hydrogen (secondary N) is 2. The minimum Gasteiger partial charge on any atom is -0.470 e. The number of halogens is 1. The number of hydrogen-bond acceptors (Lipinski definition) is 8. The first-order valence-electron chi connectivity index (χ1n) is 22.9. The summed E-state index contributed by atoms with van der Waals surface area (Å²) < 4.78 is 37.8. The van der Waals surface area contributed by atoms with E-state index in [2.05, 4.69) is 31.4 Å². The van der Waals surface area contributed by atoms with Crippen molar-refractivity contribution in [1.82, 2.24) is 0 Å². The SMILES string of the molecule is CCCCCCCCCCCCCCCCOC(=O)c1ccc(Cl)c(NC(=O)C(Oc2ccc(S(=O)(=O)CC)cc2NC(=O)C(C)(C)C)C(=O)C2(C)CC3CCC2C3(C)C)c1. The molecule has 0 aliphatic heterocycles. The lowest BCUT2D eigenvalue weighted by atomic mass is 9.67. The van der Waals surface area contributed by atoms with Gasteiger partial charge in [-0.2, -0.15) is 0 Å². The van der Waals surface area contributed by atoms with Crippen molar-refractivity contribution in [3.63, 3.8) is 0 Å². The van der Waals surface area contributed by atoms with Crippen LogP contribution in [0.2, 0.25) is 5.02 Å². The smallest absolute Gasteiger partial charge is 0.338 e. The number of fused-ring (bicyclic) bond motifs is 2. The molecule has 2 aliphatic carbocycles. The highest BCUT2D eigenvalue weighted by Crippen LogP contribution is 2.66. The molecule has 12 heteroatoms. The first kappa shape index (κ1) is 50.2. The second kappa shape index (κ2) is 22.3. The van der Waals surface area contributed by atoms with E-state index in [0.717, 1.165) is 32.1 Å². The number of Topliss-reactive ketones (excluding diaryl/α,β-unsaturated/α-hetero) is 1. The zero-order valence-corrected chi connectivity index (χ0v) is 39.8. The number of hydrogen-bond donors (Lipinski definition) is 2. The van der Waals surface area contributed by atoms with Crippen LogP contribution in [-0.4, -0.2) is 50.4 Å². The van der Waals surface area contributed by atoms with Crippen LogP contribution in [0.3, 0.4) is 0 Å². The minimum atomic E-state index is -3.69. The van der Waals surface area contributed by atoms with Crippen molar-refractivity contribution in [2.24, 2.45) is 28.1 Å². The summed E-state index contributed by atoms with van der Waals surface area (Å²) in [6.45, 7) is 15.4. The molecule has 0 aromatic heterocycles. The highest BCUT2D eigenvalue weighted by Gasteiger charge is 2.63. The van der Waals surface area contributed by atoms with Gasteiger partial charge in [-0.15, -0.1) is 0 Å². The number of rotatable bonds is 25. The molecule has 4 rings (SSSR count). The predicted molar refractivity (Wildman–Crippen MR) is 245 cm³/mol. The molecule has 2 aliphatic rings. The van der Waals surface area contributed by atoms with E-state index in [4.69, 9.17) is 21.1 Å². The van der Waals surface area contributed by atoms with Crippen molar-refractivity contribution in [3.05, 3.63) is 47.0 Å². The van der Waals surface area contributed by atoms with Gasteiger partial charge in [0.15, 0.2) is 15.6 Å². The Morgan fingerprint density at radius 3 is 1.90 bits per heavy atom. The molecule has 2 aromatic rings. The maximum absolute atomic E-state index is 14.9. The molecule has 0 saturated heterocycles. The van der Waals surface area contributed by atoms with Gasteiger partial charge in [-0.3, -0.25) is 14.4 Å². The van der Waals surface area contributed by atoms with Gasteiger partial charge in [0.25, 0.3) is 5.91 Å². The predicted octanol–water partition coefficient (Wildman–Crippen LogP) is 12.2. The summed E-state index contributed by atoms with van der Waals surface area (Å²) >= 11 is 6.58. The normalized spacial score (nSPS) is 20.0. The average molecular weight is 886 g/mol. The molecule has 61 heavy (non-hydrogen) atoms. The molecule has 0 radical (unpaired) electrons. The quantitative estimate of drug-likeness (QED) is 0.0569. The number of anilines is 2. The van der Waals surface area contributed by atoms with Gasteiger partial charge in [0.1, 0.15) is 5.75 Å². The van der Waals surface area contributed by atoms with Gasteiger partial charge < -0.3 is 20.1 Å². The second-order valence-electron chi connectivity index (χ2n) is 19.3. The number of ketones is 1. The van der Waals surface area contributed by atoms with Crippen LogP contribution >= 0.6 is 11.6 Å². The molecule has 4 unspecified atom stereocenters. The topological polar surface area (TPSA) is 145 Å². The third-order valence-electron chi connectivity index (χ3n) is 13.3. The van der Waals surface area contributed by atoms with Crippen LogP contribution in [0.5, 0.6) is 5.75 Å². The van der Waals surface area contributed by atoms with Crippen molar-refractivity contribution in [2.75, 3.05) is 23.0 Å². The van der Waals surface area contributed by atoms with E-state index in [0.29, 0.717) is 6.42 Å². The number of carbonyl (C=O) groups excluding carboxylic acids is 4. The Morgan fingerprint density at radius 1 is 0.787 bits per heavy atom. The van der Waals surface area contributed by atoms with Crippen LogP contribution in [0, 0.1) is 28.1 Å². The Hall–Kier alpha value is -3.44. The molecule has 2 N–H and O–H groups in total. The van der Waals surface area contributed by atoms with Gasteiger partial charge in [0.2, 0.25) is 12.0 Å². The number of esters is 1. The van der Waals surface area contributed by atoms with Crippen LogP contribution in [0.1, 0.15) is 175 Å². The fraction of sp³-hybridized carbons (Fsp3) is 0.673. The second-order valence-corrected chi connectivity index (χ2v) is 22.0. The Morgan fingerprint density at radius 2 is 1.38 bits per heavy atom. The van der Waals surface area contributed by atoms with E-state index in [1.54, 1.807) is 20.8 Å². The highest BCUT2D eigenvalue weighted by molar-refractivity contribution is 7.91. The number of unbranched alkanes of at least 4 members (excludes halogenated alkanes) is 13. The van der Waals surface area contributed by atoms with Gasteiger partial charge in [-0.05, 0) is 79.3 Å². The molecule has 340 valence electrons. The fourth-order valence-electron chi connectivity index (χ4n) is 9.35. The van der Waals surface area contributed by atoms with Crippen LogP contribution in [0.25, 0.3) is 0 Å². The summed E-state index contributed by atoms with van der Waals surface area (Å²) in [5, 5.41) is 5.67. The van der Waals surface area contributed by atoms with E-state index >= 15 is 0 Å². The molecule has 2 aromatic carbocycles. The van der Waals surface area contributed by atoms with E-state index in [-0.39, 0.29) is 62.2 Å². The van der Waals surface area contributed by atoms with Crippen molar-refractivity contribution in [3.8, 4) is 5.75 Å². The zero-order valence-electron chi connectivity index (χ0n) is 38.2. The standard InChI is InChI=1S/C49H73ClN2O8S/c1-9-11-12-13-14-15-16-17-18-19-20-21-22-23-30-59-45(55)34-24-27-37(50)38(31-34)51-44(54)42(43(53)49(8)33-35-25-29-41(49)48(35,6)7)60-40-28-26-36(61(57,58)10-2)32-39(40)52-46(56)47(3,4)5/h24,26-28,31-32,35,41-42H,9-23,25,29-30,33H2,1-8H3,(H,51,54)(H,52,56). The number of benzene rings is 2. The Bertz CT molecular complexity index is 1940. The van der Waals surface area contributed by atoms with Crippen molar-refractivity contribution >= 4 is 56.4 Å². The van der Waals surface area contributed by atoms with Crippen molar-refractivity contribution < 1.29 is 37.1 Å². The molecule has 4 atom stereocenters. The molecule has 2 amide bonds.